The molecule has 0 radical (unpaired) electrons. The lowest BCUT2D eigenvalue weighted by Crippen LogP contribution is -2.40. The Bertz CT molecular complexity index is 1470. The Labute approximate surface area is 213 Å². The van der Waals surface area contributed by atoms with Gasteiger partial charge in [-0.2, -0.15) is 4.31 Å². The Balaban J connectivity index is 1.48. The highest BCUT2D eigenvalue weighted by atomic mass is 32.2. The minimum absolute atomic E-state index is 0.143. The van der Waals surface area contributed by atoms with Crippen LogP contribution in [0, 0.1) is 0 Å². The van der Waals surface area contributed by atoms with E-state index in [1.54, 1.807) is 36.5 Å². The van der Waals surface area contributed by atoms with Gasteiger partial charge in [-0.05, 0) is 48.0 Å². The van der Waals surface area contributed by atoms with Crippen LogP contribution in [0.25, 0.3) is 10.2 Å². The van der Waals surface area contributed by atoms with E-state index in [1.165, 1.54) is 27.8 Å². The van der Waals surface area contributed by atoms with Crippen LogP contribution in [-0.2, 0) is 21.3 Å². The molecule has 1 saturated heterocycles. The first-order valence-electron chi connectivity index (χ1n) is 11.3. The van der Waals surface area contributed by atoms with Crippen molar-refractivity contribution < 1.29 is 22.7 Å². The molecule has 0 aliphatic carbocycles. The summed E-state index contributed by atoms with van der Waals surface area (Å²) < 4.78 is 38.9. The van der Waals surface area contributed by atoms with E-state index in [1.807, 2.05) is 30.3 Å². The summed E-state index contributed by atoms with van der Waals surface area (Å²) >= 11 is 1.38. The lowest BCUT2D eigenvalue weighted by atomic mass is 10.2. The zero-order chi connectivity index (χ0) is 25.1. The highest BCUT2D eigenvalue weighted by Crippen LogP contribution is 2.35. The molecule has 0 spiro atoms. The molecule has 2 aromatic carbocycles. The Kier molecular flexibility index (Phi) is 6.97. The molecule has 4 aromatic rings. The maximum Gasteiger partial charge on any atom is 0.260 e. The van der Waals surface area contributed by atoms with Crippen molar-refractivity contribution in [1.29, 1.82) is 0 Å². The summed E-state index contributed by atoms with van der Waals surface area (Å²) in [6, 6.07) is 15.4. The number of methoxy groups -OCH3 is 1. The van der Waals surface area contributed by atoms with Gasteiger partial charge in [-0.1, -0.05) is 23.5 Å². The van der Waals surface area contributed by atoms with Crippen LogP contribution in [0.15, 0.2) is 71.9 Å². The number of morpholine rings is 1. The van der Waals surface area contributed by atoms with Crippen LogP contribution in [0.1, 0.15) is 15.9 Å². The van der Waals surface area contributed by atoms with Crippen molar-refractivity contribution in [1.82, 2.24) is 14.3 Å². The van der Waals surface area contributed by atoms with E-state index in [4.69, 9.17) is 14.5 Å². The number of fused-ring (bicyclic) bond motifs is 1. The van der Waals surface area contributed by atoms with Crippen LogP contribution >= 0.6 is 11.3 Å². The fourth-order valence-corrected chi connectivity index (χ4v) is 6.34. The molecule has 11 heteroatoms. The summed E-state index contributed by atoms with van der Waals surface area (Å²) in [7, 11) is -2.07. The molecule has 1 fully saturated rings. The predicted octanol–water partition coefficient (Wildman–Crippen LogP) is 3.57. The van der Waals surface area contributed by atoms with Crippen molar-refractivity contribution in [2.24, 2.45) is 0 Å². The van der Waals surface area contributed by atoms with Crippen molar-refractivity contribution in [2.75, 3.05) is 38.3 Å². The topological polar surface area (TPSA) is 102 Å². The zero-order valence-electron chi connectivity index (χ0n) is 19.5. The number of anilines is 1. The number of hydrogen-bond acceptors (Lipinski definition) is 8. The normalized spacial score (nSPS) is 14.6. The Morgan fingerprint density at radius 1 is 1.11 bits per heavy atom. The van der Waals surface area contributed by atoms with Gasteiger partial charge in [0.15, 0.2) is 5.13 Å². The van der Waals surface area contributed by atoms with Crippen molar-refractivity contribution >= 4 is 42.6 Å². The molecule has 186 valence electrons. The molecule has 2 aromatic heterocycles. The van der Waals surface area contributed by atoms with Crippen LogP contribution in [0.4, 0.5) is 5.13 Å². The first kappa shape index (κ1) is 24.3. The van der Waals surface area contributed by atoms with Crippen LogP contribution in [0.3, 0.4) is 0 Å². The third-order valence-corrected chi connectivity index (χ3v) is 8.80. The summed E-state index contributed by atoms with van der Waals surface area (Å²) in [4.78, 5) is 24.3. The number of carbonyl (C=O) groups excluding carboxylic acids is 1. The molecule has 9 nitrogen and oxygen atoms in total. The van der Waals surface area contributed by atoms with Gasteiger partial charge in [-0.3, -0.25) is 14.7 Å². The number of benzene rings is 2. The number of carbonyl (C=O) groups is 1. The number of hydrogen-bond donors (Lipinski definition) is 0. The second-order valence-corrected chi connectivity index (χ2v) is 11.0. The summed E-state index contributed by atoms with van der Waals surface area (Å²) in [5, 5.41) is 0.508. The molecule has 1 aliphatic rings. The van der Waals surface area contributed by atoms with E-state index in [9.17, 15) is 13.2 Å². The second kappa shape index (κ2) is 10.3. The zero-order valence-corrected chi connectivity index (χ0v) is 21.2. The highest BCUT2D eigenvalue weighted by molar-refractivity contribution is 7.89. The highest BCUT2D eigenvalue weighted by Gasteiger charge is 2.27. The van der Waals surface area contributed by atoms with E-state index in [0.29, 0.717) is 48.3 Å². The number of pyridine rings is 1. The molecule has 0 saturated carbocycles. The van der Waals surface area contributed by atoms with Crippen molar-refractivity contribution in [2.45, 2.75) is 11.4 Å². The standard InChI is InChI=1S/C25H24N4O5S2/c1-33-21-5-2-6-22-23(21)27-25(35-22)29(17-18-4-3-11-26-16-18)24(30)19-7-9-20(10-8-19)36(31,32)28-12-14-34-15-13-28/h2-11,16H,12-15,17H2,1H3. The Hall–Kier alpha value is -3.38. The monoisotopic (exact) mass is 524 g/mol. The number of rotatable bonds is 7. The minimum Gasteiger partial charge on any atom is -0.494 e. The van der Waals surface area contributed by atoms with Gasteiger partial charge >= 0.3 is 0 Å². The number of sulfonamides is 1. The Morgan fingerprint density at radius 3 is 2.58 bits per heavy atom. The van der Waals surface area contributed by atoms with Gasteiger partial charge in [-0.15, -0.1) is 0 Å². The number of aromatic nitrogens is 2. The second-order valence-electron chi connectivity index (χ2n) is 8.10. The van der Waals surface area contributed by atoms with Gasteiger partial charge in [0.2, 0.25) is 10.0 Å². The summed E-state index contributed by atoms with van der Waals surface area (Å²) in [6.07, 6.45) is 3.37. The van der Waals surface area contributed by atoms with Gasteiger partial charge in [0.05, 0.1) is 36.5 Å². The van der Waals surface area contributed by atoms with Crippen LogP contribution < -0.4 is 9.64 Å². The number of ether oxygens (including phenoxy) is 2. The largest absolute Gasteiger partial charge is 0.494 e. The van der Waals surface area contributed by atoms with E-state index in [0.717, 1.165) is 10.3 Å². The number of amides is 1. The lowest BCUT2D eigenvalue weighted by Gasteiger charge is -2.26. The van der Waals surface area contributed by atoms with Gasteiger partial charge in [0.25, 0.3) is 5.91 Å². The SMILES string of the molecule is COc1cccc2sc(N(Cc3cccnc3)C(=O)c3ccc(S(=O)(=O)N4CCOCC4)cc3)nc12. The molecule has 0 atom stereocenters. The lowest BCUT2D eigenvalue weighted by molar-refractivity contribution is 0.0730. The molecule has 3 heterocycles. The van der Waals surface area contributed by atoms with Crippen LogP contribution in [-0.4, -0.2) is 62.0 Å². The number of nitrogens with zero attached hydrogens (tertiary/aromatic N) is 4. The molecule has 1 amide bonds. The third-order valence-electron chi connectivity index (χ3n) is 5.84. The fraction of sp³-hybridized carbons (Fsp3) is 0.240. The summed E-state index contributed by atoms with van der Waals surface area (Å²) in [5.74, 6) is 0.327. The quantitative estimate of drug-likeness (QED) is 0.364. The molecule has 5 rings (SSSR count). The average Bonchev–Trinajstić information content (AvgIpc) is 3.37. The summed E-state index contributed by atoms with van der Waals surface area (Å²) in [6.45, 7) is 1.60. The predicted molar refractivity (Wildman–Crippen MR) is 137 cm³/mol. The van der Waals surface area contributed by atoms with E-state index in [2.05, 4.69) is 4.98 Å². The molecule has 36 heavy (non-hydrogen) atoms. The van der Waals surface area contributed by atoms with E-state index in [-0.39, 0.29) is 17.3 Å². The van der Waals surface area contributed by atoms with Gasteiger partial charge < -0.3 is 9.47 Å². The smallest absolute Gasteiger partial charge is 0.260 e. The molecular formula is C25H24N4O5S2. The van der Waals surface area contributed by atoms with Gasteiger partial charge in [0.1, 0.15) is 11.3 Å². The van der Waals surface area contributed by atoms with Crippen molar-refractivity contribution in [3.8, 4) is 5.75 Å². The number of para-hydroxylation sites is 1. The average molecular weight is 525 g/mol. The molecule has 1 aliphatic heterocycles. The van der Waals surface area contributed by atoms with E-state index < -0.39 is 10.0 Å². The minimum atomic E-state index is -3.65. The van der Waals surface area contributed by atoms with Crippen molar-refractivity contribution in [3.05, 3.63) is 78.1 Å². The Morgan fingerprint density at radius 2 is 1.89 bits per heavy atom. The first-order valence-corrected chi connectivity index (χ1v) is 13.6. The van der Waals surface area contributed by atoms with Crippen LogP contribution in [0.2, 0.25) is 0 Å². The number of thiazole rings is 1. The van der Waals surface area contributed by atoms with Gasteiger partial charge in [0, 0.05) is 31.0 Å². The first-order chi connectivity index (χ1) is 17.5. The van der Waals surface area contributed by atoms with Crippen molar-refractivity contribution in [3.63, 3.8) is 0 Å². The summed E-state index contributed by atoms with van der Waals surface area (Å²) in [5.41, 5.74) is 1.87. The maximum atomic E-state index is 13.7. The fourth-order valence-electron chi connectivity index (χ4n) is 3.95. The molecular weight excluding hydrogens is 500 g/mol. The maximum absolute atomic E-state index is 13.7. The third kappa shape index (κ3) is 4.82. The molecule has 0 unspecified atom stereocenters. The van der Waals surface area contributed by atoms with Gasteiger partial charge in [-0.25, -0.2) is 13.4 Å². The molecule has 0 N–H and O–H groups in total. The molecule has 0 bridgehead atoms. The van der Waals surface area contributed by atoms with Crippen LogP contribution in [0.5, 0.6) is 5.75 Å². The van der Waals surface area contributed by atoms with E-state index >= 15 is 0 Å².